The van der Waals surface area contributed by atoms with E-state index in [1.807, 2.05) is 36.4 Å². The molecule has 1 amide bonds. The molecular weight excluding hydrogens is 621 g/mol. The van der Waals surface area contributed by atoms with Crippen molar-refractivity contribution < 1.29 is 18.5 Å². The molecule has 0 fully saturated rings. The second kappa shape index (κ2) is 16.3. The molecule has 0 aliphatic carbocycles. The van der Waals surface area contributed by atoms with Gasteiger partial charge in [0.15, 0.2) is 0 Å². The first-order chi connectivity index (χ1) is 23.5. The normalized spacial score (nSPS) is 14.5. The van der Waals surface area contributed by atoms with E-state index in [-0.39, 0.29) is 5.91 Å². The number of carbonyl (C=O) groups is 1. The van der Waals surface area contributed by atoms with Crippen molar-refractivity contribution in [3.63, 3.8) is 0 Å². The smallest absolute Gasteiger partial charge is 0.251 e. The van der Waals surface area contributed by atoms with Crippen LogP contribution in [0.25, 0.3) is 17.2 Å². The van der Waals surface area contributed by atoms with Gasteiger partial charge in [-0.3, -0.25) is 9.00 Å². The highest BCUT2D eigenvalue weighted by molar-refractivity contribution is 7.84. The number of unbranched alkanes of at least 4 members (excludes halogenated alkanes) is 1. The molecule has 8 nitrogen and oxygen atoms in total. The topological polar surface area (TPSA) is 85.7 Å². The Hall–Kier alpha value is -4.21. The number of aromatic nitrogens is 2. The first kappa shape index (κ1) is 33.7. The summed E-state index contributed by atoms with van der Waals surface area (Å²) in [5.74, 6) is 1.13. The van der Waals surface area contributed by atoms with Crippen LogP contribution in [-0.4, -0.2) is 52.6 Å². The Morgan fingerprint density at radius 2 is 1.77 bits per heavy atom. The molecule has 0 saturated carbocycles. The zero-order valence-corrected chi connectivity index (χ0v) is 28.9. The van der Waals surface area contributed by atoms with Gasteiger partial charge in [-0.15, -0.1) is 0 Å². The van der Waals surface area contributed by atoms with Crippen molar-refractivity contribution in [3.8, 4) is 16.9 Å². The molecule has 4 aromatic rings. The van der Waals surface area contributed by atoms with Gasteiger partial charge in [0.1, 0.15) is 12.4 Å². The molecule has 3 aromatic carbocycles. The van der Waals surface area contributed by atoms with E-state index >= 15 is 0 Å². The van der Waals surface area contributed by atoms with Crippen LogP contribution in [0, 0.1) is 0 Å². The van der Waals surface area contributed by atoms with Gasteiger partial charge in [0.2, 0.25) is 0 Å². The fraction of sp³-hybridized carbons (Fsp3) is 0.385. The molecule has 0 unspecified atom stereocenters. The molecule has 1 atom stereocenters. The molecule has 0 radical (unpaired) electrons. The molecule has 0 saturated heterocycles. The van der Waals surface area contributed by atoms with E-state index in [4.69, 9.17) is 9.47 Å². The van der Waals surface area contributed by atoms with Crippen molar-refractivity contribution in [1.29, 1.82) is 0 Å². The van der Waals surface area contributed by atoms with Crippen molar-refractivity contribution in [2.75, 3.05) is 43.1 Å². The van der Waals surface area contributed by atoms with Crippen molar-refractivity contribution in [3.05, 3.63) is 95.6 Å². The minimum absolute atomic E-state index is 0.105. The van der Waals surface area contributed by atoms with Crippen LogP contribution in [-0.2, 0) is 39.0 Å². The number of nitrogens with zero attached hydrogens (tertiary/aromatic N) is 3. The molecule has 9 heteroatoms. The Morgan fingerprint density at radius 3 is 2.56 bits per heavy atom. The van der Waals surface area contributed by atoms with Crippen LogP contribution in [0.1, 0.15) is 62.8 Å². The third-order valence-electron chi connectivity index (χ3n) is 8.92. The Balaban J connectivity index is 1.14. The highest BCUT2D eigenvalue weighted by Crippen LogP contribution is 2.39. The lowest BCUT2D eigenvalue weighted by atomic mass is 9.92. The van der Waals surface area contributed by atoms with E-state index < -0.39 is 10.8 Å². The summed E-state index contributed by atoms with van der Waals surface area (Å²) in [7, 11) is -1.21. The van der Waals surface area contributed by atoms with Crippen molar-refractivity contribution in [1.82, 2.24) is 9.55 Å². The molecule has 252 valence electrons. The third-order valence-corrected chi connectivity index (χ3v) is 10.3. The maximum Gasteiger partial charge on any atom is 0.251 e. The van der Waals surface area contributed by atoms with Crippen LogP contribution in [0.5, 0.6) is 5.75 Å². The van der Waals surface area contributed by atoms with Gasteiger partial charge in [-0.05, 0) is 109 Å². The van der Waals surface area contributed by atoms with E-state index in [0.29, 0.717) is 31.1 Å². The van der Waals surface area contributed by atoms with Gasteiger partial charge in [0.25, 0.3) is 5.91 Å². The van der Waals surface area contributed by atoms with E-state index in [1.165, 1.54) is 11.3 Å². The van der Waals surface area contributed by atoms with Gasteiger partial charge >= 0.3 is 0 Å². The molecule has 48 heavy (non-hydrogen) atoms. The summed E-state index contributed by atoms with van der Waals surface area (Å²) in [6.07, 6.45) is 11.6. The fourth-order valence-electron chi connectivity index (χ4n) is 6.40. The summed E-state index contributed by atoms with van der Waals surface area (Å²) < 4.78 is 26.6. The predicted octanol–water partition coefficient (Wildman–Crippen LogP) is 7.64. The van der Waals surface area contributed by atoms with Crippen LogP contribution >= 0.6 is 0 Å². The number of benzene rings is 3. The van der Waals surface area contributed by atoms with Crippen LogP contribution in [0.15, 0.2) is 83.7 Å². The van der Waals surface area contributed by atoms with E-state index in [2.05, 4.69) is 64.0 Å². The number of nitrogens with one attached hydrogen (secondary N) is 1. The number of carbonyl (C=O) groups excluding carboxylic acids is 1. The zero-order valence-electron chi connectivity index (χ0n) is 28.1. The lowest BCUT2D eigenvalue weighted by Crippen LogP contribution is -2.31. The SMILES string of the molecule is CCCCOCCOc1ccc(-c2cc3c4c(c2)CCCN4CCC(C(=O)Nc2ccc([S@@](=O)Cc4cncn4CCC)cc2)=C3)cc1. The highest BCUT2D eigenvalue weighted by atomic mass is 32.2. The lowest BCUT2D eigenvalue weighted by molar-refractivity contribution is -0.112. The number of ether oxygens (including phenoxy) is 2. The number of amides is 1. The summed E-state index contributed by atoms with van der Waals surface area (Å²) in [6.45, 7) is 8.83. The molecule has 3 heterocycles. The highest BCUT2D eigenvalue weighted by Gasteiger charge is 2.25. The number of anilines is 2. The number of aryl methyl sites for hydroxylation is 2. The average Bonchev–Trinajstić information content (AvgIpc) is 3.44. The standard InChI is InChI=1S/C39H46N4O4S/c1-3-5-20-46-21-22-47-36-12-8-29(9-13-36)32-23-30-7-6-18-42-19-16-31(24-33(25-32)38(30)42)39(44)41-34-10-14-37(15-11-34)48(45)27-35-26-40-28-43(35)17-4-2/h8-15,23-26,28H,3-7,16-22,27H2,1-2H3,(H,41,44)/t48-/m0/s1. The Bertz CT molecular complexity index is 1750. The van der Waals surface area contributed by atoms with Gasteiger partial charge in [-0.1, -0.05) is 32.4 Å². The van der Waals surface area contributed by atoms with Gasteiger partial charge in [-0.2, -0.15) is 0 Å². The number of hydrogen-bond donors (Lipinski definition) is 1. The quantitative estimate of drug-likeness (QED) is 0.131. The molecule has 0 bridgehead atoms. The molecular formula is C39H46N4O4S. The van der Waals surface area contributed by atoms with Gasteiger partial charge in [0, 0.05) is 54.3 Å². The summed E-state index contributed by atoms with van der Waals surface area (Å²) in [4.78, 5) is 21.0. The van der Waals surface area contributed by atoms with Crippen LogP contribution in [0.3, 0.4) is 0 Å². The van der Waals surface area contributed by atoms with Crippen molar-refractivity contribution >= 4 is 34.2 Å². The summed E-state index contributed by atoms with van der Waals surface area (Å²) >= 11 is 0. The number of rotatable bonds is 15. The second-order valence-corrected chi connectivity index (χ2v) is 13.9. The molecule has 1 N–H and O–H groups in total. The minimum Gasteiger partial charge on any atom is -0.491 e. The van der Waals surface area contributed by atoms with Crippen LogP contribution in [0.4, 0.5) is 11.4 Å². The third kappa shape index (κ3) is 8.25. The first-order valence-corrected chi connectivity index (χ1v) is 18.6. The van der Waals surface area contributed by atoms with Gasteiger partial charge in [-0.25, -0.2) is 4.98 Å². The Morgan fingerprint density at radius 1 is 0.938 bits per heavy atom. The zero-order chi connectivity index (χ0) is 33.3. The maximum atomic E-state index is 13.6. The molecule has 2 aliphatic heterocycles. The van der Waals surface area contributed by atoms with E-state index in [9.17, 15) is 9.00 Å². The second-order valence-electron chi connectivity index (χ2n) is 12.5. The summed E-state index contributed by atoms with van der Waals surface area (Å²) in [6, 6.07) is 20.1. The average molecular weight is 667 g/mol. The Kier molecular flexibility index (Phi) is 11.4. The van der Waals surface area contributed by atoms with Crippen LogP contribution in [0.2, 0.25) is 0 Å². The summed E-state index contributed by atoms with van der Waals surface area (Å²) in [5.41, 5.74) is 8.33. The van der Waals surface area contributed by atoms with Crippen molar-refractivity contribution in [2.24, 2.45) is 0 Å². The number of hydrogen-bond acceptors (Lipinski definition) is 6. The fourth-order valence-corrected chi connectivity index (χ4v) is 7.52. The Labute approximate surface area is 286 Å². The molecule has 6 rings (SSSR count). The number of imidazole rings is 1. The maximum absolute atomic E-state index is 13.6. The van der Waals surface area contributed by atoms with E-state index in [0.717, 1.165) is 96.9 Å². The van der Waals surface area contributed by atoms with Gasteiger partial charge in [0.05, 0.1) is 35.2 Å². The molecule has 1 aromatic heterocycles. The predicted molar refractivity (Wildman–Crippen MR) is 194 cm³/mol. The van der Waals surface area contributed by atoms with Crippen LogP contribution < -0.4 is 15.0 Å². The summed E-state index contributed by atoms with van der Waals surface area (Å²) in [5, 5.41) is 3.09. The van der Waals surface area contributed by atoms with E-state index in [1.54, 1.807) is 12.5 Å². The minimum atomic E-state index is -1.21. The molecule has 0 spiro atoms. The largest absolute Gasteiger partial charge is 0.491 e. The first-order valence-electron chi connectivity index (χ1n) is 17.2. The lowest BCUT2D eigenvalue weighted by Gasteiger charge is -2.32. The monoisotopic (exact) mass is 666 g/mol. The molecule has 2 aliphatic rings. The van der Waals surface area contributed by atoms with Gasteiger partial charge < -0.3 is 24.3 Å². The van der Waals surface area contributed by atoms with Crippen molar-refractivity contribution in [2.45, 2.75) is 69.6 Å².